The van der Waals surface area contributed by atoms with Gasteiger partial charge in [0.05, 0.1) is 0 Å². The van der Waals surface area contributed by atoms with Crippen LogP contribution in [-0.4, -0.2) is 61.7 Å². The molecule has 16 heavy (non-hydrogen) atoms. The van der Waals surface area contributed by atoms with Gasteiger partial charge in [-0.05, 0) is 52.7 Å². The Kier molecular flexibility index (Phi) is 4.62. The van der Waals surface area contributed by atoms with E-state index in [1.807, 2.05) is 0 Å². The number of hydrogen-bond donors (Lipinski definition) is 1. The Morgan fingerprint density at radius 1 is 1.25 bits per heavy atom. The number of nitrogens with zero attached hydrogens (tertiary/aromatic N) is 2. The first-order chi connectivity index (χ1) is 7.75. The first-order valence-electron chi connectivity index (χ1n) is 6.91. The van der Waals surface area contributed by atoms with E-state index in [0.717, 1.165) is 12.1 Å². The SMILES string of the molecule is CC1CCC(N(C)CCN2CCCC2)CN1. The largest absolute Gasteiger partial charge is 0.313 e. The van der Waals surface area contributed by atoms with Crippen molar-refractivity contribution >= 4 is 0 Å². The van der Waals surface area contributed by atoms with E-state index in [-0.39, 0.29) is 0 Å². The third-order valence-electron chi connectivity index (χ3n) is 4.23. The summed E-state index contributed by atoms with van der Waals surface area (Å²) in [6, 6.07) is 1.49. The van der Waals surface area contributed by atoms with E-state index in [9.17, 15) is 0 Å². The Morgan fingerprint density at radius 2 is 2.00 bits per heavy atom. The number of piperidine rings is 1. The molecule has 0 saturated carbocycles. The summed E-state index contributed by atoms with van der Waals surface area (Å²) < 4.78 is 0. The van der Waals surface area contributed by atoms with Gasteiger partial charge in [0.1, 0.15) is 0 Å². The quantitative estimate of drug-likeness (QED) is 0.774. The average Bonchev–Trinajstić information content (AvgIpc) is 2.80. The summed E-state index contributed by atoms with van der Waals surface area (Å²) in [5.74, 6) is 0. The van der Waals surface area contributed by atoms with Crippen molar-refractivity contribution in [2.75, 3.05) is 39.8 Å². The van der Waals surface area contributed by atoms with Gasteiger partial charge in [-0.15, -0.1) is 0 Å². The lowest BCUT2D eigenvalue weighted by molar-refractivity contribution is 0.167. The molecule has 3 heteroatoms. The van der Waals surface area contributed by atoms with Crippen LogP contribution in [0.2, 0.25) is 0 Å². The summed E-state index contributed by atoms with van der Waals surface area (Å²) in [6.07, 6.45) is 5.52. The molecular formula is C13H27N3. The summed E-state index contributed by atoms with van der Waals surface area (Å²) in [5.41, 5.74) is 0. The van der Waals surface area contributed by atoms with E-state index in [4.69, 9.17) is 0 Å². The predicted molar refractivity (Wildman–Crippen MR) is 68.8 cm³/mol. The lowest BCUT2D eigenvalue weighted by Gasteiger charge is -2.35. The summed E-state index contributed by atoms with van der Waals surface area (Å²) >= 11 is 0. The van der Waals surface area contributed by atoms with Crippen molar-refractivity contribution < 1.29 is 0 Å². The van der Waals surface area contributed by atoms with E-state index >= 15 is 0 Å². The van der Waals surface area contributed by atoms with Crippen LogP contribution in [0.5, 0.6) is 0 Å². The molecule has 2 aliphatic heterocycles. The van der Waals surface area contributed by atoms with Crippen LogP contribution in [-0.2, 0) is 0 Å². The highest BCUT2D eigenvalue weighted by atomic mass is 15.2. The Labute approximate surface area is 100 Å². The molecule has 94 valence electrons. The number of rotatable bonds is 4. The lowest BCUT2D eigenvalue weighted by Crippen LogP contribution is -2.49. The van der Waals surface area contributed by atoms with Crippen molar-refractivity contribution in [3.05, 3.63) is 0 Å². The zero-order valence-electron chi connectivity index (χ0n) is 10.9. The molecule has 0 aliphatic carbocycles. The Hall–Kier alpha value is -0.120. The molecule has 0 aromatic carbocycles. The molecule has 2 atom stereocenters. The zero-order chi connectivity index (χ0) is 11.4. The molecular weight excluding hydrogens is 198 g/mol. The maximum Gasteiger partial charge on any atom is 0.0218 e. The molecule has 1 N–H and O–H groups in total. The van der Waals surface area contributed by atoms with E-state index in [2.05, 4.69) is 29.1 Å². The third kappa shape index (κ3) is 3.44. The van der Waals surface area contributed by atoms with Crippen LogP contribution in [0.25, 0.3) is 0 Å². The van der Waals surface area contributed by atoms with Gasteiger partial charge in [0, 0.05) is 31.7 Å². The van der Waals surface area contributed by atoms with Crippen LogP contribution >= 0.6 is 0 Å². The second-order valence-corrected chi connectivity index (χ2v) is 5.57. The van der Waals surface area contributed by atoms with Gasteiger partial charge in [-0.1, -0.05) is 0 Å². The molecule has 2 aliphatic rings. The molecule has 0 aromatic rings. The van der Waals surface area contributed by atoms with E-state index in [0.29, 0.717) is 0 Å². The molecule has 0 radical (unpaired) electrons. The van der Waals surface area contributed by atoms with Crippen LogP contribution in [0, 0.1) is 0 Å². The van der Waals surface area contributed by atoms with Gasteiger partial charge in [-0.3, -0.25) is 0 Å². The summed E-state index contributed by atoms with van der Waals surface area (Å²) in [5, 5.41) is 3.59. The Morgan fingerprint density at radius 3 is 2.62 bits per heavy atom. The van der Waals surface area contributed by atoms with Gasteiger partial charge in [0.15, 0.2) is 0 Å². The van der Waals surface area contributed by atoms with Gasteiger partial charge >= 0.3 is 0 Å². The van der Waals surface area contributed by atoms with Crippen LogP contribution in [0.3, 0.4) is 0 Å². The highest BCUT2D eigenvalue weighted by molar-refractivity contribution is 4.81. The molecule has 2 unspecified atom stereocenters. The fourth-order valence-electron chi connectivity index (χ4n) is 2.85. The molecule has 2 rings (SSSR count). The van der Waals surface area contributed by atoms with Gasteiger partial charge in [0.25, 0.3) is 0 Å². The first-order valence-corrected chi connectivity index (χ1v) is 6.91. The molecule has 2 heterocycles. The summed E-state index contributed by atoms with van der Waals surface area (Å²) in [6.45, 7) is 8.63. The van der Waals surface area contributed by atoms with Crippen molar-refractivity contribution in [1.29, 1.82) is 0 Å². The molecule has 3 nitrogen and oxygen atoms in total. The van der Waals surface area contributed by atoms with Crippen molar-refractivity contribution in [3.8, 4) is 0 Å². The minimum atomic E-state index is 0.725. The smallest absolute Gasteiger partial charge is 0.0218 e. The van der Waals surface area contributed by atoms with E-state index in [1.165, 1.54) is 58.4 Å². The fraction of sp³-hybridized carbons (Fsp3) is 1.00. The number of likely N-dealkylation sites (tertiary alicyclic amines) is 1. The van der Waals surface area contributed by atoms with Crippen LogP contribution in [0.1, 0.15) is 32.6 Å². The highest BCUT2D eigenvalue weighted by Crippen LogP contribution is 2.13. The Bertz CT molecular complexity index is 193. The molecule has 0 bridgehead atoms. The van der Waals surface area contributed by atoms with Crippen molar-refractivity contribution in [1.82, 2.24) is 15.1 Å². The zero-order valence-corrected chi connectivity index (χ0v) is 10.9. The summed E-state index contributed by atoms with van der Waals surface area (Å²) in [4.78, 5) is 5.16. The van der Waals surface area contributed by atoms with Crippen molar-refractivity contribution in [2.45, 2.75) is 44.7 Å². The van der Waals surface area contributed by atoms with Crippen LogP contribution in [0.15, 0.2) is 0 Å². The van der Waals surface area contributed by atoms with Gasteiger partial charge < -0.3 is 15.1 Å². The monoisotopic (exact) mass is 225 g/mol. The molecule has 0 aromatic heterocycles. The second kappa shape index (κ2) is 5.99. The normalized spacial score (nSPS) is 32.4. The Balaban J connectivity index is 1.64. The molecule has 0 spiro atoms. The average molecular weight is 225 g/mol. The van der Waals surface area contributed by atoms with E-state index in [1.54, 1.807) is 0 Å². The number of nitrogens with one attached hydrogen (secondary N) is 1. The minimum Gasteiger partial charge on any atom is -0.313 e. The third-order valence-corrected chi connectivity index (χ3v) is 4.23. The highest BCUT2D eigenvalue weighted by Gasteiger charge is 2.21. The maximum atomic E-state index is 3.59. The van der Waals surface area contributed by atoms with Gasteiger partial charge in [0.2, 0.25) is 0 Å². The fourth-order valence-corrected chi connectivity index (χ4v) is 2.85. The lowest BCUT2D eigenvalue weighted by atomic mass is 10.0. The second-order valence-electron chi connectivity index (χ2n) is 5.57. The van der Waals surface area contributed by atoms with Crippen molar-refractivity contribution in [3.63, 3.8) is 0 Å². The number of likely N-dealkylation sites (N-methyl/N-ethyl adjacent to an activating group) is 1. The van der Waals surface area contributed by atoms with Crippen LogP contribution in [0.4, 0.5) is 0 Å². The molecule has 0 amide bonds. The molecule has 2 saturated heterocycles. The van der Waals surface area contributed by atoms with Crippen LogP contribution < -0.4 is 5.32 Å². The standard InChI is InChI=1S/C13H27N3/c1-12-5-6-13(11-14-12)15(2)9-10-16-7-3-4-8-16/h12-14H,3-11H2,1-2H3. The first kappa shape index (κ1) is 12.3. The summed E-state index contributed by atoms with van der Waals surface area (Å²) in [7, 11) is 2.29. The van der Waals surface area contributed by atoms with Gasteiger partial charge in [-0.25, -0.2) is 0 Å². The van der Waals surface area contributed by atoms with E-state index < -0.39 is 0 Å². The topological polar surface area (TPSA) is 18.5 Å². The minimum absolute atomic E-state index is 0.725. The van der Waals surface area contributed by atoms with Crippen molar-refractivity contribution in [2.24, 2.45) is 0 Å². The molecule has 2 fully saturated rings. The van der Waals surface area contributed by atoms with Gasteiger partial charge in [-0.2, -0.15) is 0 Å². The number of hydrogen-bond acceptors (Lipinski definition) is 3. The predicted octanol–water partition coefficient (Wildman–Crippen LogP) is 1.15. The maximum absolute atomic E-state index is 3.59.